The number of benzene rings is 3. The van der Waals surface area contributed by atoms with E-state index in [9.17, 15) is 15.2 Å². The maximum Gasteiger partial charge on any atom is 0.231 e. The summed E-state index contributed by atoms with van der Waals surface area (Å²) in [6, 6.07) is 18.4. The number of ether oxygens (including phenoxy) is 4. The second-order valence-electron chi connectivity index (χ2n) is 6.58. The molecule has 0 spiro atoms. The number of carboxylic acids is 1. The van der Waals surface area contributed by atoms with Crippen molar-refractivity contribution >= 4 is 17.6 Å². The van der Waals surface area contributed by atoms with Crippen LogP contribution in [-0.4, -0.2) is 12.8 Å². The quantitative estimate of drug-likeness (QED) is 0.559. The third-order valence-electron chi connectivity index (χ3n) is 4.56. The summed E-state index contributed by atoms with van der Waals surface area (Å²) < 4.78 is 22.1. The van der Waals surface area contributed by atoms with Crippen LogP contribution in [0.4, 0.5) is 0 Å². The Kier molecular flexibility index (Phi) is 5.83. The molecule has 1 atom stereocenters. The molecule has 0 fully saturated rings. The average molecular weight is 437 g/mol. The molecule has 7 nitrogen and oxygen atoms in total. The van der Waals surface area contributed by atoms with Gasteiger partial charge in [-0.15, -0.1) is 0 Å². The molecular formula is C23H15ClNO6-. The van der Waals surface area contributed by atoms with Crippen molar-refractivity contribution in [2.75, 3.05) is 6.79 Å². The number of nitriles is 1. The zero-order chi connectivity index (χ0) is 21.8. The molecular weight excluding hydrogens is 422 g/mol. The van der Waals surface area contributed by atoms with Gasteiger partial charge in [0.2, 0.25) is 6.79 Å². The summed E-state index contributed by atoms with van der Waals surface area (Å²) in [6.07, 6.45) is -1.50. The number of carbonyl (C=O) groups is 1. The van der Waals surface area contributed by atoms with Crippen LogP contribution in [-0.2, 0) is 11.4 Å². The predicted octanol–water partition coefficient (Wildman–Crippen LogP) is 3.39. The van der Waals surface area contributed by atoms with Gasteiger partial charge in [0, 0.05) is 16.7 Å². The second kappa shape index (κ2) is 8.86. The third kappa shape index (κ3) is 4.49. The number of fused-ring (bicyclic) bond motifs is 1. The van der Waals surface area contributed by atoms with Crippen molar-refractivity contribution in [3.63, 3.8) is 0 Å². The van der Waals surface area contributed by atoms with Crippen LogP contribution in [0, 0.1) is 11.3 Å². The van der Waals surface area contributed by atoms with Crippen LogP contribution in [0.15, 0.2) is 60.7 Å². The van der Waals surface area contributed by atoms with Gasteiger partial charge in [-0.3, -0.25) is 0 Å². The smallest absolute Gasteiger partial charge is 0.231 e. The standard InChI is InChI=1S/C23H16ClNO6/c24-18-4-2-1-3-17(18)22(23(26)27)31-20-10-16(7-6-15(20)11-25)28-12-14-5-8-19-21(9-14)30-13-29-19/h1-10,22H,12-13H2,(H,26,27)/p-1. The average Bonchev–Trinajstić information content (AvgIpc) is 3.24. The van der Waals surface area contributed by atoms with Gasteiger partial charge in [-0.1, -0.05) is 35.9 Å². The summed E-state index contributed by atoms with van der Waals surface area (Å²) in [5.41, 5.74) is 1.22. The molecule has 8 heteroatoms. The summed E-state index contributed by atoms with van der Waals surface area (Å²) in [6.45, 7) is 0.400. The third-order valence-corrected chi connectivity index (χ3v) is 4.91. The molecule has 0 aromatic heterocycles. The van der Waals surface area contributed by atoms with Crippen molar-refractivity contribution in [3.8, 4) is 29.1 Å². The second-order valence-corrected chi connectivity index (χ2v) is 6.99. The van der Waals surface area contributed by atoms with Gasteiger partial charge in [-0.2, -0.15) is 5.26 Å². The van der Waals surface area contributed by atoms with E-state index >= 15 is 0 Å². The molecule has 0 saturated carbocycles. The fourth-order valence-electron chi connectivity index (χ4n) is 3.03. The van der Waals surface area contributed by atoms with Gasteiger partial charge >= 0.3 is 0 Å². The van der Waals surface area contributed by atoms with E-state index < -0.39 is 12.1 Å². The molecule has 1 aliphatic rings. The van der Waals surface area contributed by atoms with Crippen molar-refractivity contribution in [3.05, 3.63) is 82.4 Å². The normalized spacial score (nSPS) is 12.6. The first kappa shape index (κ1) is 20.4. The minimum atomic E-state index is -1.50. The minimum absolute atomic E-state index is 0.0415. The molecule has 0 N–H and O–H groups in total. The van der Waals surface area contributed by atoms with Crippen LogP contribution < -0.4 is 24.1 Å². The lowest BCUT2D eigenvalue weighted by molar-refractivity contribution is -0.314. The molecule has 3 aromatic carbocycles. The molecule has 4 rings (SSSR count). The fraction of sp³-hybridized carbons (Fsp3) is 0.130. The largest absolute Gasteiger partial charge is 0.546 e. The van der Waals surface area contributed by atoms with Crippen LogP contribution in [0.3, 0.4) is 0 Å². The number of carboxylic acid groups (broad SMARTS) is 1. The molecule has 0 bridgehead atoms. The number of hydrogen-bond donors (Lipinski definition) is 0. The van der Waals surface area contributed by atoms with E-state index in [0.29, 0.717) is 17.2 Å². The zero-order valence-corrected chi connectivity index (χ0v) is 16.8. The maximum atomic E-state index is 11.7. The highest BCUT2D eigenvalue weighted by Crippen LogP contribution is 2.34. The number of aliphatic carboxylic acids is 1. The van der Waals surface area contributed by atoms with Crippen molar-refractivity contribution in [2.24, 2.45) is 0 Å². The highest BCUT2D eigenvalue weighted by Gasteiger charge is 2.20. The lowest BCUT2D eigenvalue weighted by Gasteiger charge is -2.22. The molecule has 0 radical (unpaired) electrons. The molecule has 1 unspecified atom stereocenters. The zero-order valence-electron chi connectivity index (χ0n) is 16.0. The van der Waals surface area contributed by atoms with Gasteiger partial charge in [0.25, 0.3) is 0 Å². The fourth-order valence-corrected chi connectivity index (χ4v) is 3.27. The van der Waals surface area contributed by atoms with Crippen LogP contribution in [0.1, 0.15) is 22.8 Å². The van der Waals surface area contributed by atoms with Gasteiger partial charge in [-0.05, 0) is 35.9 Å². The van der Waals surface area contributed by atoms with Crippen molar-refractivity contribution in [1.29, 1.82) is 5.26 Å². The Balaban J connectivity index is 1.55. The Morgan fingerprint density at radius 1 is 1.13 bits per heavy atom. The van der Waals surface area contributed by atoms with E-state index in [1.807, 2.05) is 18.2 Å². The molecule has 31 heavy (non-hydrogen) atoms. The van der Waals surface area contributed by atoms with E-state index in [0.717, 1.165) is 5.56 Å². The molecule has 1 aliphatic heterocycles. The number of hydrogen-bond acceptors (Lipinski definition) is 7. The monoisotopic (exact) mass is 436 g/mol. The van der Waals surface area contributed by atoms with Crippen molar-refractivity contribution < 1.29 is 28.8 Å². The molecule has 0 saturated heterocycles. The number of carbonyl (C=O) groups excluding carboxylic acids is 1. The van der Waals surface area contributed by atoms with E-state index in [2.05, 4.69) is 0 Å². The summed E-state index contributed by atoms with van der Waals surface area (Å²) in [5, 5.41) is 21.3. The first-order chi connectivity index (χ1) is 15.0. The SMILES string of the molecule is N#Cc1ccc(OCc2ccc3c(c2)OCO3)cc1OC(C(=O)[O-])c1ccccc1Cl. The molecule has 1 heterocycles. The summed E-state index contributed by atoms with van der Waals surface area (Å²) >= 11 is 6.11. The van der Waals surface area contributed by atoms with Crippen molar-refractivity contribution in [2.45, 2.75) is 12.7 Å². The van der Waals surface area contributed by atoms with Crippen molar-refractivity contribution in [1.82, 2.24) is 0 Å². The topological polar surface area (TPSA) is 101 Å². The highest BCUT2D eigenvalue weighted by molar-refractivity contribution is 6.31. The van der Waals surface area contributed by atoms with Crippen LogP contribution in [0.25, 0.3) is 0 Å². The van der Waals surface area contributed by atoms with E-state index in [1.165, 1.54) is 18.2 Å². The lowest BCUT2D eigenvalue weighted by Crippen LogP contribution is -2.33. The van der Waals surface area contributed by atoms with Crippen LogP contribution in [0.5, 0.6) is 23.0 Å². The van der Waals surface area contributed by atoms with Crippen LogP contribution in [0.2, 0.25) is 5.02 Å². The maximum absolute atomic E-state index is 11.7. The Morgan fingerprint density at radius 3 is 2.71 bits per heavy atom. The van der Waals surface area contributed by atoms with E-state index in [-0.39, 0.29) is 35.3 Å². The van der Waals surface area contributed by atoms with Gasteiger partial charge in [0.05, 0.1) is 11.5 Å². The first-order valence-electron chi connectivity index (χ1n) is 9.22. The van der Waals surface area contributed by atoms with E-state index in [4.69, 9.17) is 30.5 Å². The summed E-state index contributed by atoms with van der Waals surface area (Å²) in [5.74, 6) is 0.263. The molecule has 3 aromatic rings. The Bertz CT molecular complexity index is 1170. The highest BCUT2D eigenvalue weighted by atomic mass is 35.5. The Hall–Kier alpha value is -3.89. The lowest BCUT2D eigenvalue weighted by atomic mass is 10.1. The molecule has 156 valence electrons. The number of rotatable bonds is 7. The van der Waals surface area contributed by atoms with E-state index in [1.54, 1.807) is 30.3 Å². The summed E-state index contributed by atoms with van der Waals surface area (Å²) in [7, 11) is 0. The first-order valence-corrected chi connectivity index (χ1v) is 9.60. The van der Waals surface area contributed by atoms with Gasteiger partial charge < -0.3 is 28.8 Å². The summed E-state index contributed by atoms with van der Waals surface area (Å²) in [4.78, 5) is 11.7. The molecule has 0 amide bonds. The molecule has 0 aliphatic carbocycles. The van der Waals surface area contributed by atoms with Crippen LogP contribution >= 0.6 is 11.6 Å². The minimum Gasteiger partial charge on any atom is -0.546 e. The number of halogens is 1. The number of nitrogens with zero attached hydrogens (tertiary/aromatic N) is 1. The Morgan fingerprint density at radius 2 is 1.94 bits per heavy atom. The van der Waals surface area contributed by atoms with Gasteiger partial charge in [0.15, 0.2) is 17.6 Å². The van der Waals surface area contributed by atoms with Gasteiger partial charge in [0.1, 0.15) is 24.2 Å². The Labute approximate surface area is 182 Å². The predicted molar refractivity (Wildman–Crippen MR) is 108 cm³/mol. The van der Waals surface area contributed by atoms with Gasteiger partial charge in [-0.25, -0.2) is 0 Å².